The number of aliphatic imine (C=N–C) groups is 1. The Hall–Kier alpha value is -0.180. The first-order chi connectivity index (χ1) is 8.36. The number of amidine groups is 1. The van der Waals surface area contributed by atoms with Crippen molar-refractivity contribution in [1.29, 1.82) is 0 Å². The van der Waals surface area contributed by atoms with E-state index in [0.29, 0.717) is 5.41 Å². The molecule has 1 heterocycles. The van der Waals surface area contributed by atoms with E-state index in [1.54, 1.807) is 0 Å². The molecule has 0 amide bonds. The smallest absolute Gasteiger partial charge is 0.156 e. The van der Waals surface area contributed by atoms with Crippen molar-refractivity contribution in [3.05, 3.63) is 0 Å². The molecule has 96 valence electrons. The molecule has 0 bridgehead atoms. The summed E-state index contributed by atoms with van der Waals surface area (Å²) in [6.07, 6.45) is 11.4. The average molecular weight is 252 g/mol. The zero-order valence-electron chi connectivity index (χ0n) is 10.7. The van der Waals surface area contributed by atoms with Gasteiger partial charge in [-0.2, -0.15) is 0 Å². The summed E-state index contributed by atoms with van der Waals surface area (Å²) in [5.74, 6) is 2.34. The second kappa shape index (κ2) is 5.21. The number of thioether (sulfide) groups is 1. The molecular formula is C14H24N2S. The van der Waals surface area contributed by atoms with Crippen LogP contribution in [0, 0.1) is 11.3 Å². The van der Waals surface area contributed by atoms with E-state index in [-0.39, 0.29) is 0 Å². The van der Waals surface area contributed by atoms with E-state index in [9.17, 15) is 0 Å². The number of rotatable bonds is 3. The molecule has 3 aliphatic rings. The van der Waals surface area contributed by atoms with Crippen molar-refractivity contribution in [2.45, 2.75) is 51.4 Å². The van der Waals surface area contributed by atoms with Gasteiger partial charge in [0.15, 0.2) is 5.17 Å². The van der Waals surface area contributed by atoms with Gasteiger partial charge in [0.2, 0.25) is 0 Å². The summed E-state index contributed by atoms with van der Waals surface area (Å²) < 4.78 is 0. The average Bonchev–Trinajstić information content (AvgIpc) is 3.17. The van der Waals surface area contributed by atoms with Crippen molar-refractivity contribution < 1.29 is 0 Å². The summed E-state index contributed by atoms with van der Waals surface area (Å²) in [5, 5.41) is 4.75. The first-order valence-corrected chi connectivity index (χ1v) is 8.26. The van der Waals surface area contributed by atoms with Crippen molar-refractivity contribution in [1.82, 2.24) is 5.32 Å². The molecule has 3 rings (SSSR count). The number of nitrogens with one attached hydrogen (secondary N) is 1. The van der Waals surface area contributed by atoms with Gasteiger partial charge in [0.25, 0.3) is 0 Å². The quantitative estimate of drug-likeness (QED) is 0.832. The molecule has 0 radical (unpaired) electrons. The molecule has 17 heavy (non-hydrogen) atoms. The van der Waals surface area contributed by atoms with Crippen LogP contribution < -0.4 is 5.32 Å². The Morgan fingerprint density at radius 3 is 2.71 bits per heavy atom. The SMILES string of the molecule is C1CCC2(CC1)CN=C(NCCC1CC1)SC2. The van der Waals surface area contributed by atoms with Crippen molar-refractivity contribution >= 4 is 16.9 Å². The highest BCUT2D eigenvalue weighted by molar-refractivity contribution is 8.13. The van der Waals surface area contributed by atoms with Crippen LogP contribution in [0.3, 0.4) is 0 Å². The maximum Gasteiger partial charge on any atom is 0.156 e. The Kier molecular flexibility index (Phi) is 3.64. The number of hydrogen-bond donors (Lipinski definition) is 1. The lowest BCUT2D eigenvalue weighted by atomic mass is 9.75. The third-order valence-corrected chi connectivity index (χ3v) is 5.82. The first kappa shape index (κ1) is 11.9. The summed E-state index contributed by atoms with van der Waals surface area (Å²) in [7, 11) is 0. The highest BCUT2D eigenvalue weighted by atomic mass is 32.2. The predicted octanol–water partition coefficient (Wildman–Crippen LogP) is 3.43. The molecule has 1 aliphatic heterocycles. The summed E-state index contributed by atoms with van der Waals surface area (Å²) >= 11 is 1.98. The van der Waals surface area contributed by atoms with Crippen molar-refractivity contribution in [3.63, 3.8) is 0 Å². The van der Waals surface area contributed by atoms with Gasteiger partial charge >= 0.3 is 0 Å². The van der Waals surface area contributed by atoms with Gasteiger partial charge in [-0.3, -0.25) is 4.99 Å². The summed E-state index contributed by atoms with van der Waals surface area (Å²) in [6, 6.07) is 0. The molecule has 0 atom stereocenters. The molecule has 1 spiro atoms. The fourth-order valence-electron chi connectivity index (χ4n) is 3.05. The largest absolute Gasteiger partial charge is 0.365 e. The van der Waals surface area contributed by atoms with Crippen molar-refractivity contribution in [3.8, 4) is 0 Å². The molecule has 0 aromatic heterocycles. The van der Waals surface area contributed by atoms with Gasteiger partial charge in [-0.15, -0.1) is 0 Å². The summed E-state index contributed by atoms with van der Waals surface area (Å²) in [6.45, 7) is 2.23. The van der Waals surface area contributed by atoms with Crippen LogP contribution in [-0.4, -0.2) is 24.0 Å². The van der Waals surface area contributed by atoms with Gasteiger partial charge in [0.05, 0.1) is 0 Å². The van der Waals surface area contributed by atoms with Crippen molar-refractivity contribution in [2.75, 3.05) is 18.8 Å². The van der Waals surface area contributed by atoms with Gasteiger partial charge in [-0.1, -0.05) is 43.9 Å². The zero-order valence-corrected chi connectivity index (χ0v) is 11.5. The summed E-state index contributed by atoms with van der Waals surface area (Å²) in [5.41, 5.74) is 0.574. The highest BCUT2D eigenvalue weighted by Crippen LogP contribution is 2.41. The summed E-state index contributed by atoms with van der Waals surface area (Å²) in [4.78, 5) is 4.79. The maximum atomic E-state index is 4.79. The molecule has 0 saturated heterocycles. The second-order valence-corrected chi connectivity index (χ2v) is 7.09. The van der Waals surface area contributed by atoms with E-state index >= 15 is 0 Å². The van der Waals surface area contributed by atoms with Crippen molar-refractivity contribution in [2.24, 2.45) is 16.3 Å². The minimum atomic E-state index is 0.574. The molecule has 2 nitrogen and oxygen atoms in total. The van der Waals surface area contributed by atoms with E-state index in [2.05, 4.69) is 5.32 Å². The fourth-order valence-corrected chi connectivity index (χ4v) is 4.24. The third-order valence-electron chi connectivity index (χ3n) is 4.51. The van der Waals surface area contributed by atoms with E-state index < -0.39 is 0 Å². The fraction of sp³-hybridized carbons (Fsp3) is 0.929. The molecule has 3 heteroatoms. The Morgan fingerprint density at radius 1 is 1.24 bits per heavy atom. The normalized spacial score (nSPS) is 27.9. The van der Waals surface area contributed by atoms with Gasteiger partial charge < -0.3 is 5.32 Å². The number of nitrogens with zero attached hydrogens (tertiary/aromatic N) is 1. The maximum absolute atomic E-state index is 4.79. The van der Waals surface area contributed by atoms with Crippen LogP contribution in [-0.2, 0) is 0 Å². The van der Waals surface area contributed by atoms with Crippen LogP contribution in [0.5, 0.6) is 0 Å². The minimum Gasteiger partial charge on any atom is -0.365 e. The zero-order chi connectivity index (χ0) is 11.6. The molecule has 1 N–H and O–H groups in total. The van der Waals surface area contributed by atoms with Gasteiger partial charge in [-0.05, 0) is 30.6 Å². The van der Waals surface area contributed by atoms with Crippen LogP contribution >= 0.6 is 11.8 Å². The molecule has 2 aliphatic carbocycles. The van der Waals surface area contributed by atoms with E-state index in [4.69, 9.17) is 4.99 Å². The second-order valence-electron chi connectivity index (χ2n) is 6.13. The Labute approximate surface area is 109 Å². The molecular weight excluding hydrogens is 228 g/mol. The van der Waals surface area contributed by atoms with Crippen LogP contribution in [0.4, 0.5) is 0 Å². The van der Waals surface area contributed by atoms with Crippen LogP contribution in [0.25, 0.3) is 0 Å². The highest BCUT2D eigenvalue weighted by Gasteiger charge is 2.34. The Morgan fingerprint density at radius 2 is 2.06 bits per heavy atom. The predicted molar refractivity (Wildman–Crippen MR) is 75.6 cm³/mol. The monoisotopic (exact) mass is 252 g/mol. The van der Waals surface area contributed by atoms with Crippen LogP contribution in [0.1, 0.15) is 51.4 Å². The Balaban J connectivity index is 1.44. The van der Waals surface area contributed by atoms with Gasteiger partial charge in [0, 0.05) is 18.8 Å². The van der Waals surface area contributed by atoms with Crippen LogP contribution in [0.2, 0.25) is 0 Å². The Bertz CT molecular complexity index is 291. The van der Waals surface area contributed by atoms with E-state index in [1.165, 1.54) is 62.3 Å². The van der Waals surface area contributed by atoms with Gasteiger partial charge in [0.1, 0.15) is 0 Å². The lowest BCUT2D eigenvalue weighted by Crippen LogP contribution is -2.37. The molecule has 0 unspecified atom stereocenters. The molecule has 0 aromatic rings. The minimum absolute atomic E-state index is 0.574. The van der Waals surface area contributed by atoms with Gasteiger partial charge in [-0.25, -0.2) is 0 Å². The first-order valence-electron chi connectivity index (χ1n) is 7.28. The lowest BCUT2D eigenvalue weighted by Gasteiger charge is -2.38. The van der Waals surface area contributed by atoms with Crippen LogP contribution in [0.15, 0.2) is 4.99 Å². The molecule has 0 aromatic carbocycles. The molecule has 2 saturated carbocycles. The number of hydrogen-bond acceptors (Lipinski definition) is 3. The third kappa shape index (κ3) is 3.18. The van der Waals surface area contributed by atoms with E-state index in [1.807, 2.05) is 11.8 Å². The molecule has 2 fully saturated rings. The topological polar surface area (TPSA) is 24.4 Å². The van der Waals surface area contributed by atoms with E-state index in [0.717, 1.165) is 19.0 Å². The standard InChI is InChI=1S/C14H24N2S/c1-2-7-14(8-3-1)10-16-13(17-11-14)15-9-6-12-4-5-12/h12H,1-11H2,(H,15,16). The lowest BCUT2D eigenvalue weighted by molar-refractivity contribution is 0.232.